The fourth-order valence-electron chi connectivity index (χ4n) is 7.66. The van der Waals surface area contributed by atoms with Crippen LogP contribution in [0.2, 0.25) is 0 Å². The molecule has 1 aliphatic carbocycles. The van der Waals surface area contributed by atoms with Gasteiger partial charge < -0.3 is 9.47 Å². The van der Waals surface area contributed by atoms with Crippen LogP contribution in [-0.2, 0) is 5.41 Å². The van der Waals surface area contributed by atoms with Crippen LogP contribution in [0.15, 0.2) is 176 Å². The van der Waals surface area contributed by atoms with Crippen molar-refractivity contribution in [3.05, 3.63) is 187 Å². The molecule has 1 heterocycles. The Balaban J connectivity index is 1.32. The lowest BCUT2D eigenvalue weighted by Crippen LogP contribution is -2.17. The summed E-state index contributed by atoms with van der Waals surface area (Å²) >= 11 is 0. The van der Waals surface area contributed by atoms with Crippen molar-refractivity contribution in [3.8, 4) is 11.1 Å². The lowest BCUT2D eigenvalue weighted by molar-refractivity contribution is 0.661. The predicted octanol–water partition coefficient (Wildman–Crippen LogP) is 12.7. The zero-order chi connectivity index (χ0) is 32.8. The van der Waals surface area contributed by atoms with Crippen LogP contribution in [0.3, 0.4) is 0 Å². The molecule has 0 N–H and O–H groups in total. The number of para-hydroxylation sites is 3. The quantitative estimate of drug-likeness (QED) is 0.180. The highest BCUT2D eigenvalue weighted by Gasteiger charge is 2.40. The SMILES string of the molecule is C=C/C=C1\C(=C(/C)n2c3ccccc3c3ccccc32)c2ccc(N(c3ccccc3)c3ccc(-c4ccccc4)cc3)cc2C1(C)C. The van der Waals surface area contributed by atoms with E-state index < -0.39 is 0 Å². The van der Waals surface area contributed by atoms with Crippen molar-refractivity contribution in [1.82, 2.24) is 4.57 Å². The molecule has 0 aliphatic heterocycles. The van der Waals surface area contributed by atoms with Crippen molar-refractivity contribution >= 4 is 50.1 Å². The lowest BCUT2D eigenvalue weighted by Gasteiger charge is -2.28. The largest absolute Gasteiger partial charge is 0.313 e. The minimum atomic E-state index is -0.242. The average Bonchev–Trinajstić information content (AvgIpc) is 3.58. The van der Waals surface area contributed by atoms with Crippen molar-refractivity contribution in [1.29, 1.82) is 0 Å². The molecule has 0 atom stereocenters. The molecule has 1 aliphatic rings. The van der Waals surface area contributed by atoms with Crippen molar-refractivity contribution in [2.24, 2.45) is 0 Å². The van der Waals surface area contributed by atoms with Gasteiger partial charge in [-0.15, -0.1) is 0 Å². The standard InChI is InChI=1S/C46H38N2/c1-5-16-41-45(32(2)47-43-23-14-12-21-38(43)39-22-13-15-24-44(39)47)40-30-29-37(31-42(40)46(41,3)4)48(35-19-10-7-11-20-35)36-27-25-34(26-28-36)33-17-8-6-9-18-33/h5-31H,1H2,2-4H3/b41-16+,45-32+. The summed E-state index contributed by atoms with van der Waals surface area (Å²) in [5, 5.41) is 2.54. The van der Waals surface area contributed by atoms with Crippen LogP contribution in [0.4, 0.5) is 17.1 Å². The highest BCUT2D eigenvalue weighted by molar-refractivity contribution is 6.12. The molecule has 1 aromatic heterocycles. The first kappa shape index (κ1) is 29.5. The van der Waals surface area contributed by atoms with E-state index in [1.165, 1.54) is 60.9 Å². The lowest BCUT2D eigenvalue weighted by atomic mass is 9.81. The molecule has 0 radical (unpaired) electrons. The van der Waals surface area contributed by atoms with Crippen LogP contribution >= 0.6 is 0 Å². The van der Waals surface area contributed by atoms with Gasteiger partial charge in [0.2, 0.25) is 0 Å². The van der Waals surface area contributed by atoms with E-state index in [0.29, 0.717) is 0 Å². The maximum atomic E-state index is 4.15. The third-order valence-corrected chi connectivity index (χ3v) is 9.96. The number of nitrogens with zero attached hydrogens (tertiary/aromatic N) is 2. The number of hydrogen-bond acceptors (Lipinski definition) is 1. The second-order valence-electron chi connectivity index (χ2n) is 13.1. The first-order valence-electron chi connectivity index (χ1n) is 16.7. The van der Waals surface area contributed by atoms with E-state index >= 15 is 0 Å². The van der Waals surface area contributed by atoms with Crippen molar-refractivity contribution < 1.29 is 0 Å². The summed E-state index contributed by atoms with van der Waals surface area (Å²) in [5.41, 5.74) is 14.3. The molecule has 0 spiro atoms. The molecule has 2 heteroatoms. The summed E-state index contributed by atoms with van der Waals surface area (Å²) in [4.78, 5) is 2.36. The Labute approximate surface area is 283 Å². The molecule has 0 bridgehead atoms. The van der Waals surface area contributed by atoms with Gasteiger partial charge in [-0.3, -0.25) is 0 Å². The molecule has 2 nitrogen and oxygen atoms in total. The molecule has 8 rings (SSSR count). The Hall–Kier alpha value is -5.86. The number of benzene rings is 6. The van der Waals surface area contributed by atoms with Gasteiger partial charge in [-0.1, -0.05) is 136 Å². The third-order valence-electron chi connectivity index (χ3n) is 9.96. The molecule has 6 aromatic carbocycles. The molecular weight excluding hydrogens is 581 g/mol. The summed E-state index contributed by atoms with van der Waals surface area (Å²) in [6.07, 6.45) is 4.15. The molecule has 0 saturated heterocycles. The normalized spacial score (nSPS) is 15.5. The van der Waals surface area contributed by atoms with Crippen LogP contribution in [0.5, 0.6) is 0 Å². The molecule has 0 saturated carbocycles. The molecule has 232 valence electrons. The van der Waals surface area contributed by atoms with Crippen LogP contribution < -0.4 is 4.90 Å². The number of aromatic nitrogens is 1. The van der Waals surface area contributed by atoms with Crippen LogP contribution in [0.1, 0.15) is 31.9 Å². The van der Waals surface area contributed by atoms with E-state index in [2.05, 4.69) is 195 Å². The van der Waals surface area contributed by atoms with E-state index in [9.17, 15) is 0 Å². The van der Waals surface area contributed by atoms with E-state index in [1.54, 1.807) is 0 Å². The van der Waals surface area contributed by atoms with Gasteiger partial charge in [0.05, 0.1) is 11.0 Å². The monoisotopic (exact) mass is 618 g/mol. The summed E-state index contributed by atoms with van der Waals surface area (Å²) in [6.45, 7) is 11.1. The summed E-state index contributed by atoms with van der Waals surface area (Å²) in [7, 11) is 0. The number of anilines is 3. The van der Waals surface area contributed by atoms with E-state index in [1.807, 2.05) is 6.08 Å². The predicted molar refractivity (Wildman–Crippen MR) is 206 cm³/mol. The Morgan fingerprint density at radius 3 is 1.75 bits per heavy atom. The van der Waals surface area contributed by atoms with E-state index in [-0.39, 0.29) is 5.41 Å². The Morgan fingerprint density at radius 2 is 1.12 bits per heavy atom. The van der Waals surface area contributed by atoms with Crippen LogP contribution in [0.25, 0.3) is 44.2 Å². The minimum Gasteiger partial charge on any atom is -0.313 e. The zero-order valence-corrected chi connectivity index (χ0v) is 27.7. The second kappa shape index (κ2) is 11.7. The number of fused-ring (bicyclic) bond motifs is 4. The smallest absolute Gasteiger partial charge is 0.0537 e. The summed E-state index contributed by atoms with van der Waals surface area (Å²) in [6, 6.07) is 54.6. The molecule has 48 heavy (non-hydrogen) atoms. The first-order chi connectivity index (χ1) is 23.5. The fraction of sp³-hybridized carbons (Fsp3) is 0.0870. The fourth-order valence-corrected chi connectivity index (χ4v) is 7.66. The summed E-state index contributed by atoms with van der Waals surface area (Å²) in [5.74, 6) is 0. The van der Waals surface area contributed by atoms with Crippen LogP contribution in [-0.4, -0.2) is 4.57 Å². The highest BCUT2D eigenvalue weighted by atomic mass is 15.1. The van der Waals surface area contributed by atoms with Crippen molar-refractivity contribution in [2.75, 3.05) is 4.90 Å². The van der Waals surface area contributed by atoms with Gasteiger partial charge in [0.15, 0.2) is 0 Å². The molecular formula is C46H38N2. The Kier molecular flexibility index (Phi) is 7.22. The maximum Gasteiger partial charge on any atom is 0.0537 e. The topological polar surface area (TPSA) is 8.17 Å². The van der Waals surface area contributed by atoms with Gasteiger partial charge >= 0.3 is 0 Å². The zero-order valence-electron chi connectivity index (χ0n) is 27.7. The first-order valence-corrected chi connectivity index (χ1v) is 16.7. The van der Waals surface area contributed by atoms with Gasteiger partial charge in [-0.2, -0.15) is 0 Å². The molecule has 7 aromatic rings. The minimum absolute atomic E-state index is 0.242. The van der Waals surface area contributed by atoms with Gasteiger partial charge in [-0.05, 0) is 83.3 Å². The average molecular weight is 619 g/mol. The molecule has 0 unspecified atom stereocenters. The van der Waals surface area contributed by atoms with E-state index in [0.717, 1.165) is 17.1 Å². The maximum absolute atomic E-state index is 4.15. The molecule has 0 fully saturated rings. The third kappa shape index (κ3) is 4.72. The van der Waals surface area contributed by atoms with Gasteiger partial charge in [0.1, 0.15) is 0 Å². The summed E-state index contributed by atoms with van der Waals surface area (Å²) < 4.78 is 2.45. The van der Waals surface area contributed by atoms with Crippen molar-refractivity contribution in [3.63, 3.8) is 0 Å². The second-order valence-corrected chi connectivity index (χ2v) is 13.1. The van der Waals surface area contributed by atoms with Crippen LogP contribution in [0, 0.1) is 0 Å². The number of hydrogen-bond donors (Lipinski definition) is 0. The van der Waals surface area contributed by atoms with Gasteiger partial charge in [-0.25, -0.2) is 0 Å². The highest BCUT2D eigenvalue weighted by Crippen LogP contribution is 2.53. The molecule has 0 amide bonds. The number of allylic oxidation sites excluding steroid dienone is 5. The van der Waals surface area contributed by atoms with Gasteiger partial charge in [0, 0.05) is 44.5 Å². The van der Waals surface area contributed by atoms with Gasteiger partial charge in [0.25, 0.3) is 0 Å². The Morgan fingerprint density at radius 1 is 0.604 bits per heavy atom. The Bertz CT molecular complexity index is 2320. The van der Waals surface area contributed by atoms with Crippen molar-refractivity contribution in [2.45, 2.75) is 26.2 Å². The number of rotatable bonds is 6. The van der Waals surface area contributed by atoms with E-state index in [4.69, 9.17) is 0 Å².